The summed E-state index contributed by atoms with van der Waals surface area (Å²) in [4.78, 5) is 8.47. The van der Waals surface area contributed by atoms with Crippen LogP contribution in [0.1, 0.15) is 32.5 Å². The average Bonchev–Trinajstić information content (AvgIpc) is 2.26. The first-order valence-electron chi connectivity index (χ1n) is 6.13. The summed E-state index contributed by atoms with van der Waals surface area (Å²) in [6.45, 7) is 7.23. The number of nitrogens with one attached hydrogen (secondary N) is 1. The fourth-order valence-corrected chi connectivity index (χ4v) is 1.56. The van der Waals surface area contributed by atoms with Crippen LogP contribution in [0.3, 0.4) is 0 Å². The number of hydrogen-bond donors (Lipinski definition) is 2. The van der Waals surface area contributed by atoms with Crippen molar-refractivity contribution < 1.29 is 4.74 Å². The minimum Gasteiger partial charge on any atom is -0.478 e. The van der Waals surface area contributed by atoms with E-state index in [9.17, 15) is 0 Å². The summed E-state index contributed by atoms with van der Waals surface area (Å²) in [5, 5.41) is 3.21. The summed E-state index contributed by atoms with van der Waals surface area (Å²) >= 11 is 0. The van der Waals surface area contributed by atoms with Gasteiger partial charge in [0.25, 0.3) is 0 Å². The number of aryl methyl sites for hydroxylation is 1. The van der Waals surface area contributed by atoms with E-state index < -0.39 is 0 Å². The van der Waals surface area contributed by atoms with E-state index in [1.807, 2.05) is 13.8 Å². The molecule has 0 fully saturated rings. The van der Waals surface area contributed by atoms with Crippen LogP contribution in [-0.2, 0) is 0 Å². The molecule has 0 saturated carbocycles. The molecular formula is C12H22N4O. The Balaban J connectivity index is 2.57. The number of rotatable bonds is 7. The normalized spacial score (nSPS) is 12.2. The first-order chi connectivity index (χ1) is 8.15. The Morgan fingerprint density at radius 1 is 1.41 bits per heavy atom. The van der Waals surface area contributed by atoms with Crippen molar-refractivity contribution in [2.75, 3.05) is 18.5 Å². The average molecular weight is 238 g/mol. The second kappa shape index (κ2) is 7.06. The highest BCUT2D eigenvalue weighted by Gasteiger charge is 2.04. The van der Waals surface area contributed by atoms with E-state index in [1.165, 1.54) is 0 Å². The predicted octanol–water partition coefficient (Wildman–Crippen LogP) is 1.72. The Kier molecular flexibility index (Phi) is 5.69. The minimum absolute atomic E-state index is 0.158. The van der Waals surface area contributed by atoms with Crippen molar-refractivity contribution in [2.24, 2.45) is 5.73 Å². The van der Waals surface area contributed by atoms with E-state index >= 15 is 0 Å². The Bertz CT molecular complexity index is 343. The van der Waals surface area contributed by atoms with Crippen molar-refractivity contribution in [1.82, 2.24) is 9.97 Å². The first-order valence-corrected chi connectivity index (χ1v) is 6.13. The number of anilines is 1. The summed E-state index contributed by atoms with van der Waals surface area (Å²) in [6.07, 6.45) is 2.10. The van der Waals surface area contributed by atoms with E-state index in [-0.39, 0.29) is 6.04 Å². The maximum absolute atomic E-state index is 5.93. The third kappa shape index (κ3) is 4.99. The minimum atomic E-state index is 0.158. The summed E-state index contributed by atoms with van der Waals surface area (Å²) in [5.74, 6) is 2.07. The highest BCUT2D eigenvalue weighted by molar-refractivity contribution is 5.38. The molecule has 1 unspecified atom stereocenters. The number of hydrogen-bond acceptors (Lipinski definition) is 5. The number of aromatic nitrogens is 2. The van der Waals surface area contributed by atoms with Gasteiger partial charge in [-0.15, -0.1) is 0 Å². The van der Waals surface area contributed by atoms with E-state index in [0.717, 1.165) is 25.2 Å². The molecule has 1 rings (SSSR count). The van der Waals surface area contributed by atoms with Gasteiger partial charge in [-0.25, -0.2) is 4.98 Å². The molecule has 1 aromatic rings. The molecule has 5 nitrogen and oxygen atoms in total. The fraction of sp³-hybridized carbons (Fsp3) is 0.667. The van der Waals surface area contributed by atoms with Gasteiger partial charge in [0.2, 0.25) is 5.88 Å². The van der Waals surface area contributed by atoms with Gasteiger partial charge in [0, 0.05) is 18.7 Å². The van der Waals surface area contributed by atoms with Crippen LogP contribution in [0.15, 0.2) is 6.07 Å². The van der Waals surface area contributed by atoms with Gasteiger partial charge in [0.1, 0.15) is 11.6 Å². The molecule has 1 aromatic heterocycles. The zero-order valence-electron chi connectivity index (χ0n) is 10.9. The Morgan fingerprint density at radius 3 is 2.82 bits per heavy atom. The SMILES string of the molecule is CCCC(N)CNc1cc(OCC)nc(C)n1. The molecule has 17 heavy (non-hydrogen) atoms. The first kappa shape index (κ1) is 13.7. The lowest BCUT2D eigenvalue weighted by molar-refractivity contribution is 0.325. The van der Waals surface area contributed by atoms with Crippen LogP contribution >= 0.6 is 0 Å². The van der Waals surface area contributed by atoms with Gasteiger partial charge in [0.05, 0.1) is 6.61 Å². The molecule has 0 aliphatic carbocycles. The summed E-state index contributed by atoms with van der Waals surface area (Å²) < 4.78 is 5.36. The third-order valence-corrected chi connectivity index (χ3v) is 2.31. The van der Waals surface area contributed by atoms with Crippen molar-refractivity contribution >= 4 is 5.82 Å². The largest absolute Gasteiger partial charge is 0.478 e. The van der Waals surface area contributed by atoms with Crippen molar-refractivity contribution in [1.29, 1.82) is 0 Å². The molecule has 0 saturated heterocycles. The van der Waals surface area contributed by atoms with Gasteiger partial charge in [-0.2, -0.15) is 4.98 Å². The molecule has 3 N–H and O–H groups in total. The molecule has 1 atom stereocenters. The van der Waals surface area contributed by atoms with Gasteiger partial charge >= 0.3 is 0 Å². The highest BCUT2D eigenvalue weighted by Crippen LogP contribution is 2.13. The fourth-order valence-electron chi connectivity index (χ4n) is 1.56. The van der Waals surface area contributed by atoms with Crippen molar-refractivity contribution in [3.05, 3.63) is 11.9 Å². The molecular weight excluding hydrogens is 216 g/mol. The summed E-state index contributed by atoms with van der Waals surface area (Å²) in [6, 6.07) is 1.96. The van der Waals surface area contributed by atoms with Crippen LogP contribution in [-0.4, -0.2) is 29.2 Å². The monoisotopic (exact) mass is 238 g/mol. The van der Waals surface area contributed by atoms with Gasteiger partial charge in [-0.05, 0) is 20.3 Å². The zero-order valence-corrected chi connectivity index (χ0v) is 10.9. The second-order valence-electron chi connectivity index (χ2n) is 4.00. The van der Waals surface area contributed by atoms with Crippen LogP contribution in [0.25, 0.3) is 0 Å². The second-order valence-corrected chi connectivity index (χ2v) is 4.00. The van der Waals surface area contributed by atoms with Gasteiger partial charge < -0.3 is 15.8 Å². The van der Waals surface area contributed by atoms with Crippen molar-refractivity contribution in [3.8, 4) is 5.88 Å². The molecule has 0 amide bonds. The van der Waals surface area contributed by atoms with E-state index in [2.05, 4.69) is 22.2 Å². The molecule has 0 radical (unpaired) electrons. The van der Waals surface area contributed by atoms with E-state index in [0.29, 0.717) is 18.3 Å². The standard InChI is InChI=1S/C12H22N4O/c1-4-6-10(13)8-14-11-7-12(17-5-2)16-9(3)15-11/h7,10H,4-6,8,13H2,1-3H3,(H,14,15,16). The maximum Gasteiger partial charge on any atom is 0.218 e. The quantitative estimate of drug-likeness (QED) is 0.756. The molecule has 0 aliphatic heterocycles. The Labute approximate surface area is 103 Å². The molecule has 0 aliphatic rings. The lowest BCUT2D eigenvalue weighted by atomic mass is 10.2. The van der Waals surface area contributed by atoms with Crippen LogP contribution in [0.5, 0.6) is 5.88 Å². The maximum atomic E-state index is 5.93. The van der Waals surface area contributed by atoms with Crippen LogP contribution in [0, 0.1) is 6.92 Å². The number of nitrogens with two attached hydrogens (primary N) is 1. The predicted molar refractivity (Wildman–Crippen MR) is 69.3 cm³/mol. The van der Waals surface area contributed by atoms with Gasteiger partial charge in [-0.3, -0.25) is 0 Å². The Morgan fingerprint density at radius 2 is 2.18 bits per heavy atom. The molecule has 0 spiro atoms. The topological polar surface area (TPSA) is 73.1 Å². The van der Waals surface area contributed by atoms with Crippen LogP contribution < -0.4 is 15.8 Å². The van der Waals surface area contributed by atoms with E-state index in [4.69, 9.17) is 10.5 Å². The van der Waals surface area contributed by atoms with Crippen molar-refractivity contribution in [2.45, 2.75) is 39.7 Å². The lowest BCUT2D eigenvalue weighted by Crippen LogP contribution is -2.29. The zero-order chi connectivity index (χ0) is 12.7. The van der Waals surface area contributed by atoms with Crippen LogP contribution in [0.4, 0.5) is 5.82 Å². The Hall–Kier alpha value is -1.36. The van der Waals surface area contributed by atoms with Gasteiger partial charge in [-0.1, -0.05) is 13.3 Å². The van der Waals surface area contributed by atoms with Crippen LogP contribution in [0.2, 0.25) is 0 Å². The molecule has 96 valence electrons. The highest BCUT2D eigenvalue weighted by atomic mass is 16.5. The van der Waals surface area contributed by atoms with E-state index in [1.54, 1.807) is 6.07 Å². The molecule has 1 heterocycles. The number of nitrogens with zero attached hydrogens (tertiary/aromatic N) is 2. The molecule has 0 aromatic carbocycles. The van der Waals surface area contributed by atoms with Crippen molar-refractivity contribution in [3.63, 3.8) is 0 Å². The lowest BCUT2D eigenvalue weighted by Gasteiger charge is -2.13. The smallest absolute Gasteiger partial charge is 0.218 e. The summed E-state index contributed by atoms with van der Waals surface area (Å²) in [7, 11) is 0. The third-order valence-electron chi connectivity index (χ3n) is 2.31. The number of ether oxygens (including phenoxy) is 1. The van der Waals surface area contributed by atoms with Gasteiger partial charge in [0.15, 0.2) is 0 Å². The molecule has 5 heteroatoms. The molecule has 0 bridgehead atoms. The summed E-state index contributed by atoms with van der Waals surface area (Å²) in [5.41, 5.74) is 5.93.